The number of allylic oxidation sites excluding steroid dienone is 2. The Hall–Kier alpha value is -1.81. The van der Waals surface area contributed by atoms with Crippen LogP contribution in [-0.2, 0) is 0 Å². The molecule has 0 spiro atoms. The molecule has 1 nitrogen and oxygen atoms in total. The molecule has 1 aromatic rings. The Morgan fingerprint density at radius 1 is 1.11 bits per heavy atom. The number of aryl methyl sites for hydroxylation is 1. The number of ketones is 1. The van der Waals surface area contributed by atoms with Crippen LogP contribution in [0.3, 0.4) is 0 Å². The first-order valence-electron chi connectivity index (χ1n) is 10.9. The number of hydrogen-bond donors (Lipinski definition) is 0. The molecule has 1 heteroatoms. The van der Waals surface area contributed by atoms with Crippen LogP contribution in [0.15, 0.2) is 36.4 Å². The molecule has 2 aliphatic carbocycles. The molecule has 2 aliphatic rings. The van der Waals surface area contributed by atoms with Crippen molar-refractivity contribution in [3.8, 4) is 12.3 Å². The fraction of sp³-hybridized carbons (Fsp3) is 0.577. The summed E-state index contributed by atoms with van der Waals surface area (Å²) in [7, 11) is 0. The Balaban J connectivity index is 1.70. The van der Waals surface area contributed by atoms with E-state index in [0.717, 1.165) is 31.2 Å². The van der Waals surface area contributed by atoms with E-state index in [0.29, 0.717) is 17.6 Å². The minimum Gasteiger partial charge on any atom is -0.294 e. The Morgan fingerprint density at radius 3 is 2.41 bits per heavy atom. The van der Waals surface area contributed by atoms with E-state index >= 15 is 0 Å². The summed E-state index contributed by atoms with van der Waals surface area (Å²) < 4.78 is 0. The third-order valence-corrected chi connectivity index (χ3v) is 6.93. The van der Waals surface area contributed by atoms with Crippen LogP contribution in [-0.4, -0.2) is 5.78 Å². The van der Waals surface area contributed by atoms with E-state index in [-0.39, 0.29) is 5.41 Å². The Labute approximate surface area is 165 Å². The molecule has 144 valence electrons. The number of benzene rings is 1. The molecule has 0 saturated heterocycles. The summed E-state index contributed by atoms with van der Waals surface area (Å²) in [6.45, 7) is 2.09. The number of terminal acetylenes is 1. The van der Waals surface area contributed by atoms with Crippen LogP contribution < -0.4 is 0 Å². The van der Waals surface area contributed by atoms with Crippen LogP contribution in [0.25, 0.3) is 0 Å². The van der Waals surface area contributed by atoms with Gasteiger partial charge in [0.15, 0.2) is 5.78 Å². The highest BCUT2D eigenvalue weighted by atomic mass is 16.1. The van der Waals surface area contributed by atoms with Crippen molar-refractivity contribution in [1.29, 1.82) is 0 Å². The highest BCUT2D eigenvalue weighted by Crippen LogP contribution is 2.51. The second kappa shape index (κ2) is 9.41. The normalized spacial score (nSPS) is 25.2. The van der Waals surface area contributed by atoms with Crippen molar-refractivity contribution in [3.05, 3.63) is 47.5 Å². The van der Waals surface area contributed by atoms with Gasteiger partial charge in [0.1, 0.15) is 0 Å². The molecule has 1 aromatic carbocycles. The molecule has 0 amide bonds. The molecule has 3 rings (SSSR count). The maximum Gasteiger partial charge on any atom is 0.169 e. The third kappa shape index (κ3) is 4.73. The van der Waals surface area contributed by atoms with Gasteiger partial charge in [-0.1, -0.05) is 61.2 Å². The maximum absolute atomic E-state index is 13.6. The quantitative estimate of drug-likeness (QED) is 0.233. The lowest BCUT2D eigenvalue weighted by molar-refractivity contribution is 0.0413. The molecule has 0 atom stereocenters. The van der Waals surface area contributed by atoms with Crippen molar-refractivity contribution in [2.75, 3.05) is 0 Å². The molecule has 2 fully saturated rings. The molecule has 0 aromatic heterocycles. The molecule has 0 radical (unpaired) electrons. The summed E-state index contributed by atoms with van der Waals surface area (Å²) in [6.07, 6.45) is 22.5. The first-order valence-corrected chi connectivity index (χ1v) is 10.9. The highest BCUT2D eigenvalue weighted by molar-refractivity contribution is 6.00. The van der Waals surface area contributed by atoms with E-state index in [9.17, 15) is 4.79 Å². The van der Waals surface area contributed by atoms with Crippen LogP contribution in [0.4, 0.5) is 0 Å². The van der Waals surface area contributed by atoms with Crippen LogP contribution in [0.2, 0.25) is 0 Å². The fourth-order valence-corrected chi connectivity index (χ4v) is 5.32. The zero-order chi connectivity index (χ0) is 19.1. The Bertz CT molecular complexity index is 674. The van der Waals surface area contributed by atoms with Crippen LogP contribution in [0.1, 0.15) is 86.6 Å². The number of Topliss-reactive ketones (excluding diaryl/α,β-unsaturated/α-hetero) is 1. The van der Waals surface area contributed by atoms with Crippen molar-refractivity contribution in [2.45, 2.75) is 77.6 Å². The highest BCUT2D eigenvalue weighted by Gasteiger charge is 2.46. The molecule has 2 saturated carbocycles. The summed E-state index contributed by atoms with van der Waals surface area (Å²) in [5, 5.41) is 0. The van der Waals surface area contributed by atoms with Gasteiger partial charge >= 0.3 is 0 Å². The maximum atomic E-state index is 13.6. The van der Waals surface area contributed by atoms with Gasteiger partial charge in [-0.15, -0.1) is 12.3 Å². The van der Waals surface area contributed by atoms with Gasteiger partial charge in [-0.3, -0.25) is 4.79 Å². The van der Waals surface area contributed by atoms with Gasteiger partial charge in [-0.25, -0.2) is 0 Å². The second-order valence-corrected chi connectivity index (χ2v) is 8.69. The first-order chi connectivity index (χ1) is 13.2. The van der Waals surface area contributed by atoms with Crippen LogP contribution in [0.5, 0.6) is 0 Å². The summed E-state index contributed by atoms with van der Waals surface area (Å²) in [5.74, 6) is 4.36. The smallest absolute Gasteiger partial charge is 0.169 e. The predicted octanol–water partition coefficient (Wildman–Crippen LogP) is 6.90. The van der Waals surface area contributed by atoms with Gasteiger partial charge in [-0.2, -0.15) is 0 Å². The Kier molecular flexibility index (Phi) is 6.95. The van der Waals surface area contributed by atoms with Gasteiger partial charge in [0.25, 0.3) is 0 Å². The third-order valence-electron chi connectivity index (χ3n) is 6.93. The molecule has 0 heterocycles. The minimum atomic E-state index is -0.105. The molecular weight excluding hydrogens is 328 g/mol. The first kappa shape index (κ1) is 19.9. The number of rotatable bonds is 6. The fourth-order valence-electron chi connectivity index (χ4n) is 5.32. The van der Waals surface area contributed by atoms with Gasteiger partial charge < -0.3 is 0 Å². The molecule has 0 unspecified atom stereocenters. The number of carbonyl (C=O) groups excluding carboxylic acids is 1. The van der Waals surface area contributed by atoms with Crippen molar-refractivity contribution in [3.63, 3.8) is 0 Å². The lowest BCUT2D eigenvalue weighted by Crippen LogP contribution is -2.42. The average Bonchev–Trinajstić information content (AvgIpc) is 2.72. The molecule has 0 bridgehead atoms. The summed E-state index contributed by atoms with van der Waals surface area (Å²) in [5.41, 5.74) is 2.05. The minimum absolute atomic E-state index is 0.105. The molecule has 27 heavy (non-hydrogen) atoms. The van der Waals surface area contributed by atoms with Crippen LogP contribution >= 0.6 is 0 Å². The topological polar surface area (TPSA) is 17.1 Å². The molecule has 0 N–H and O–H groups in total. The van der Waals surface area contributed by atoms with Crippen LogP contribution in [0, 0.1) is 36.5 Å². The monoisotopic (exact) mass is 362 g/mol. The second-order valence-electron chi connectivity index (χ2n) is 8.69. The number of carbonyl (C=O) groups is 1. The predicted molar refractivity (Wildman–Crippen MR) is 114 cm³/mol. The van der Waals surface area contributed by atoms with Crippen molar-refractivity contribution in [2.24, 2.45) is 17.3 Å². The van der Waals surface area contributed by atoms with E-state index in [1.807, 2.05) is 12.1 Å². The van der Waals surface area contributed by atoms with Crippen molar-refractivity contribution < 1.29 is 4.79 Å². The summed E-state index contributed by atoms with van der Waals surface area (Å²) in [4.78, 5) is 13.6. The van der Waals surface area contributed by atoms with Crippen molar-refractivity contribution in [1.82, 2.24) is 0 Å². The van der Waals surface area contributed by atoms with E-state index in [2.05, 4.69) is 37.1 Å². The summed E-state index contributed by atoms with van der Waals surface area (Å²) >= 11 is 0. The molecule has 0 aliphatic heterocycles. The average molecular weight is 363 g/mol. The van der Waals surface area contributed by atoms with E-state index in [1.165, 1.54) is 50.5 Å². The zero-order valence-corrected chi connectivity index (χ0v) is 16.9. The SMILES string of the molecule is C#CCCC=CC1CCC(C2(C(=O)c3ccc(C)cc3)CCCCC2)CC1. The number of unbranched alkanes of at least 4 members (excludes halogenated alkanes) is 1. The van der Waals surface area contributed by atoms with Gasteiger partial charge in [-0.05, 0) is 63.7 Å². The Morgan fingerprint density at radius 2 is 1.78 bits per heavy atom. The van der Waals surface area contributed by atoms with Gasteiger partial charge in [0, 0.05) is 17.4 Å². The number of hydrogen-bond acceptors (Lipinski definition) is 1. The van der Waals surface area contributed by atoms with E-state index < -0.39 is 0 Å². The van der Waals surface area contributed by atoms with E-state index in [1.54, 1.807) is 0 Å². The molecular formula is C26H34O. The van der Waals surface area contributed by atoms with Gasteiger partial charge in [0.05, 0.1) is 0 Å². The largest absolute Gasteiger partial charge is 0.294 e. The van der Waals surface area contributed by atoms with Gasteiger partial charge in [0.2, 0.25) is 0 Å². The van der Waals surface area contributed by atoms with Crippen molar-refractivity contribution >= 4 is 5.78 Å². The summed E-state index contributed by atoms with van der Waals surface area (Å²) in [6, 6.07) is 8.27. The zero-order valence-electron chi connectivity index (χ0n) is 16.9. The van der Waals surface area contributed by atoms with E-state index in [4.69, 9.17) is 6.42 Å². The lowest BCUT2D eigenvalue weighted by atomic mass is 9.58. The lowest BCUT2D eigenvalue weighted by Gasteiger charge is -2.45. The standard InChI is InChI=1S/C26H34O/c1-3-4-5-7-10-22-13-17-24(18-14-22)26(19-8-6-9-20-26)25(27)23-15-11-21(2)12-16-23/h1,7,10-12,15-16,22,24H,4-6,8-9,13-14,17-20H2,2H3.